The van der Waals surface area contributed by atoms with E-state index in [0.717, 1.165) is 12.0 Å². The monoisotopic (exact) mass is 334 g/mol. The number of benzene rings is 1. The van der Waals surface area contributed by atoms with Crippen LogP contribution < -0.4 is 10.1 Å². The molecule has 1 aliphatic heterocycles. The van der Waals surface area contributed by atoms with Crippen molar-refractivity contribution in [2.24, 2.45) is 0 Å². The van der Waals surface area contributed by atoms with Gasteiger partial charge in [0, 0.05) is 24.7 Å². The van der Waals surface area contributed by atoms with E-state index in [1.165, 1.54) is 0 Å². The average molecular weight is 334 g/mol. The summed E-state index contributed by atoms with van der Waals surface area (Å²) in [5.41, 5.74) is 0.335. The van der Waals surface area contributed by atoms with Crippen LogP contribution in [0.1, 0.15) is 32.8 Å². The third kappa shape index (κ3) is 5.15. The zero-order chi connectivity index (χ0) is 17.7. The topological polar surface area (TPSA) is 67.9 Å². The van der Waals surface area contributed by atoms with Crippen molar-refractivity contribution < 1.29 is 19.1 Å². The number of para-hydroxylation sites is 1. The molecule has 6 heteroatoms. The predicted molar refractivity (Wildman–Crippen MR) is 91.1 cm³/mol. The number of nitrogens with one attached hydrogen (secondary N) is 1. The molecule has 1 saturated heterocycles. The van der Waals surface area contributed by atoms with Crippen molar-refractivity contribution in [2.45, 2.75) is 45.3 Å². The maximum Gasteiger partial charge on any atom is 0.410 e. The van der Waals surface area contributed by atoms with E-state index in [9.17, 15) is 9.59 Å². The molecular formula is C18H26N2O4. The molecule has 1 heterocycles. The molecule has 0 spiro atoms. The third-order valence-corrected chi connectivity index (χ3v) is 3.75. The predicted octanol–water partition coefficient (Wildman–Crippen LogP) is 2.36. The molecule has 1 N–H and O–H groups in total. The second-order valence-corrected chi connectivity index (χ2v) is 6.97. The molecule has 2 amide bonds. The van der Waals surface area contributed by atoms with E-state index in [0.29, 0.717) is 18.8 Å². The Balaban J connectivity index is 1.84. The van der Waals surface area contributed by atoms with E-state index in [1.807, 2.05) is 45.0 Å². The quantitative estimate of drug-likeness (QED) is 0.918. The summed E-state index contributed by atoms with van der Waals surface area (Å²) in [6.07, 6.45) is 0.660. The molecule has 1 fully saturated rings. The van der Waals surface area contributed by atoms with Gasteiger partial charge in [0.15, 0.2) is 0 Å². The van der Waals surface area contributed by atoms with Crippen molar-refractivity contribution in [3.8, 4) is 5.75 Å². The van der Waals surface area contributed by atoms with Gasteiger partial charge in [0.25, 0.3) is 0 Å². The van der Waals surface area contributed by atoms with Gasteiger partial charge in [-0.25, -0.2) is 4.79 Å². The van der Waals surface area contributed by atoms with Crippen molar-refractivity contribution in [1.29, 1.82) is 0 Å². The molecule has 1 aliphatic rings. The summed E-state index contributed by atoms with van der Waals surface area (Å²) in [5, 5.41) is 2.98. The number of likely N-dealkylation sites (tertiary alicyclic amines) is 1. The summed E-state index contributed by atoms with van der Waals surface area (Å²) < 4.78 is 10.6. The van der Waals surface area contributed by atoms with Gasteiger partial charge in [-0.3, -0.25) is 4.79 Å². The molecule has 1 atom stereocenters. The van der Waals surface area contributed by atoms with Crippen LogP contribution in [0.5, 0.6) is 5.75 Å². The Labute approximate surface area is 143 Å². The molecule has 132 valence electrons. The fourth-order valence-electron chi connectivity index (χ4n) is 2.67. The van der Waals surface area contributed by atoms with Crippen LogP contribution in [-0.2, 0) is 16.0 Å². The van der Waals surface area contributed by atoms with E-state index >= 15 is 0 Å². The lowest BCUT2D eigenvalue weighted by Gasteiger charge is -2.24. The largest absolute Gasteiger partial charge is 0.496 e. The summed E-state index contributed by atoms with van der Waals surface area (Å²) >= 11 is 0. The Morgan fingerprint density at radius 1 is 1.29 bits per heavy atom. The number of methoxy groups -OCH3 is 1. The summed E-state index contributed by atoms with van der Waals surface area (Å²) in [6, 6.07) is 7.42. The highest BCUT2D eigenvalue weighted by Gasteiger charge is 2.30. The third-order valence-electron chi connectivity index (χ3n) is 3.75. The molecule has 1 aromatic carbocycles. The first-order chi connectivity index (χ1) is 11.3. The molecule has 0 bridgehead atoms. The van der Waals surface area contributed by atoms with E-state index in [1.54, 1.807) is 12.0 Å². The van der Waals surface area contributed by atoms with Gasteiger partial charge in [-0.05, 0) is 33.3 Å². The van der Waals surface area contributed by atoms with E-state index in [4.69, 9.17) is 9.47 Å². The van der Waals surface area contributed by atoms with Crippen LogP contribution >= 0.6 is 0 Å². The summed E-state index contributed by atoms with van der Waals surface area (Å²) in [6.45, 7) is 6.59. The van der Waals surface area contributed by atoms with Crippen LogP contribution in [0.2, 0.25) is 0 Å². The van der Waals surface area contributed by atoms with Crippen LogP contribution in [0.15, 0.2) is 24.3 Å². The first kappa shape index (κ1) is 18.1. The average Bonchev–Trinajstić information content (AvgIpc) is 2.94. The minimum Gasteiger partial charge on any atom is -0.496 e. The molecule has 0 radical (unpaired) electrons. The lowest BCUT2D eigenvalue weighted by molar-refractivity contribution is -0.121. The minimum atomic E-state index is -0.512. The van der Waals surface area contributed by atoms with Crippen LogP contribution in [0.25, 0.3) is 0 Å². The van der Waals surface area contributed by atoms with Gasteiger partial charge in [-0.1, -0.05) is 18.2 Å². The van der Waals surface area contributed by atoms with Crippen molar-refractivity contribution in [1.82, 2.24) is 10.2 Å². The molecular weight excluding hydrogens is 308 g/mol. The fraction of sp³-hybridized carbons (Fsp3) is 0.556. The standard InChI is InChI=1S/C18H26N2O4/c1-18(2,3)24-17(22)20-10-9-14(12-20)19-16(21)11-13-7-5-6-8-15(13)23-4/h5-8,14H,9-12H2,1-4H3,(H,19,21). The van der Waals surface area contributed by atoms with Gasteiger partial charge in [-0.2, -0.15) is 0 Å². The number of carbonyl (C=O) groups excluding carboxylic acids is 2. The molecule has 6 nitrogen and oxygen atoms in total. The second kappa shape index (κ2) is 7.55. The lowest BCUT2D eigenvalue weighted by Crippen LogP contribution is -2.40. The molecule has 2 rings (SSSR count). The molecule has 0 aliphatic carbocycles. The van der Waals surface area contributed by atoms with E-state index < -0.39 is 5.60 Å². The molecule has 24 heavy (non-hydrogen) atoms. The van der Waals surface area contributed by atoms with Crippen LogP contribution in [0.4, 0.5) is 4.79 Å². The Bertz CT molecular complexity index is 595. The van der Waals surface area contributed by atoms with Crippen molar-refractivity contribution in [2.75, 3.05) is 20.2 Å². The number of ether oxygens (including phenoxy) is 2. The Kier molecular flexibility index (Phi) is 5.70. The van der Waals surface area contributed by atoms with Crippen molar-refractivity contribution >= 4 is 12.0 Å². The summed E-state index contributed by atoms with van der Waals surface area (Å²) in [5.74, 6) is 0.630. The second-order valence-electron chi connectivity index (χ2n) is 6.97. The van der Waals surface area contributed by atoms with Crippen molar-refractivity contribution in [3.63, 3.8) is 0 Å². The van der Waals surface area contributed by atoms with Gasteiger partial charge in [-0.15, -0.1) is 0 Å². The SMILES string of the molecule is COc1ccccc1CC(=O)NC1CCN(C(=O)OC(C)(C)C)C1. The first-order valence-corrected chi connectivity index (χ1v) is 8.17. The van der Waals surface area contributed by atoms with E-state index in [2.05, 4.69) is 5.32 Å². The smallest absolute Gasteiger partial charge is 0.410 e. The maximum atomic E-state index is 12.2. The Hall–Kier alpha value is -2.24. The number of amides is 2. The normalized spacial score (nSPS) is 17.5. The van der Waals surface area contributed by atoms with Gasteiger partial charge in [0.1, 0.15) is 11.4 Å². The van der Waals surface area contributed by atoms with Crippen LogP contribution in [-0.4, -0.2) is 48.7 Å². The summed E-state index contributed by atoms with van der Waals surface area (Å²) in [4.78, 5) is 25.9. The minimum absolute atomic E-state index is 0.0419. The fourth-order valence-corrected chi connectivity index (χ4v) is 2.67. The zero-order valence-electron chi connectivity index (χ0n) is 14.8. The number of hydrogen-bond donors (Lipinski definition) is 1. The zero-order valence-corrected chi connectivity index (χ0v) is 14.8. The number of rotatable bonds is 4. The van der Waals surface area contributed by atoms with Gasteiger partial charge < -0.3 is 19.7 Å². The number of nitrogens with zero attached hydrogens (tertiary/aromatic N) is 1. The Morgan fingerprint density at radius 2 is 2.00 bits per heavy atom. The van der Waals surface area contributed by atoms with E-state index in [-0.39, 0.29) is 24.5 Å². The highest BCUT2D eigenvalue weighted by Crippen LogP contribution is 2.19. The highest BCUT2D eigenvalue weighted by molar-refractivity contribution is 5.80. The van der Waals surface area contributed by atoms with Crippen molar-refractivity contribution in [3.05, 3.63) is 29.8 Å². The Morgan fingerprint density at radius 3 is 2.67 bits per heavy atom. The maximum absolute atomic E-state index is 12.2. The highest BCUT2D eigenvalue weighted by atomic mass is 16.6. The lowest BCUT2D eigenvalue weighted by atomic mass is 10.1. The molecule has 1 aromatic rings. The first-order valence-electron chi connectivity index (χ1n) is 8.17. The van der Waals surface area contributed by atoms with Crippen LogP contribution in [0, 0.1) is 0 Å². The molecule has 1 unspecified atom stereocenters. The number of carbonyl (C=O) groups is 2. The summed E-state index contributed by atoms with van der Waals surface area (Å²) in [7, 11) is 1.59. The van der Waals surface area contributed by atoms with Gasteiger partial charge >= 0.3 is 6.09 Å². The van der Waals surface area contributed by atoms with Gasteiger partial charge in [0.2, 0.25) is 5.91 Å². The molecule has 0 aromatic heterocycles. The van der Waals surface area contributed by atoms with Crippen LogP contribution in [0.3, 0.4) is 0 Å². The van der Waals surface area contributed by atoms with Gasteiger partial charge in [0.05, 0.1) is 13.5 Å². The molecule has 0 saturated carbocycles. The number of hydrogen-bond acceptors (Lipinski definition) is 4.